The van der Waals surface area contributed by atoms with Gasteiger partial charge in [0.15, 0.2) is 0 Å². The van der Waals surface area contributed by atoms with E-state index in [4.69, 9.17) is 15.4 Å². The van der Waals surface area contributed by atoms with Crippen molar-refractivity contribution in [1.29, 1.82) is 0 Å². The van der Waals surface area contributed by atoms with Gasteiger partial charge in [-0.25, -0.2) is 0 Å². The summed E-state index contributed by atoms with van der Waals surface area (Å²) in [7, 11) is 1.74. The van der Waals surface area contributed by atoms with Gasteiger partial charge in [-0.2, -0.15) is 12.7 Å². The van der Waals surface area contributed by atoms with Gasteiger partial charge in [0.2, 0.25) is 0 Å². The van der Waals surface area contributed by atoms with Gasteiger partial charge < -0.3 is 4.74 Å². The Labute approximate surface area is 82.4 Å². The first-order chi connectivity index (χ1) is 6.02. The molecule has 4 nitrogen and oxygen atoms in total. The van der Waals surface area contributed by atoms with Gasteiger partial charge in [0.1, 0.15) is 0 Å². The van der Waals surface area contributed by atoms with Crippen molar-refractivity contribution >= 4 is 19.9 Å². The van der Waals surface area contributed by atoms with Crippen molar-refractivity contribution in [3.63, 3.8) is 0 Å². The van der Waals surface area contributed by atoms with Gasteiger partial charge in [-0.05, 0) is 12.8 Å². The van der Waals surface area contributed by atoms with Gasteiger partial charge in [-0.15, -0.1) is 0 Å². The van der Waals surface area contributed by atoms with Crippen LogP contribution in [0.5, 0.6) is 0 Å². The molecule has 1 atom stereocenters. The van der Waals surface area contributed by atoms with Crippen LogP contribution in [0.4, 0.5) is 0 Å². The van der Waals surface area contributed by atoms with Crippen molar-refractivity contribution in [3.8, 4) is 0 Å². The molecule has 1 unspecified atom stereocenters. The molecule has 6 heteroatoms. The maximum atomic E-state index is 11.0. The highest BCUT2D eigenvalue weighted by molar-refractivity contribution is 8.11. The van der Waals surface area contributed by atoms with Crippen LogP contribution in [0.15, 0.2) is 0 Å². The molecular formula is C7H12ClNO3S. The lowest BCUT2D eigenvalue weighted by Crippen LogP contribution is -2.29. The lowest BCUT2D eigenvalue weighted by Gasteiger charge is -2.19. The van der Waals surface area contributed by atoms with E-state index in [1.54, 1.807) is 0 Å². The van der Waals surface area contributed by atoms with Crippen molar-refractivity contribution in [2.45, 2.75) is 12.8 Å². The summed E-state index contributed by atoms with van der Waals surface area (Å²) in [5, 5.41) is 0. The molecule has 2 saturated heterocycles. The van der Waals surface area contributed by atoms with Crippen LogP contribution in [0, 0.1) is 5.41 Å². The minimum Gasteiger partial charge on any atom is -0.381 e. The zero-order valence-electron chi connectivity index (χ0n) is 7.20. The molecule has 0 aliphatic carbocycles. The lowest BCUT2D eigenvalue weighted by molar-refractivity contribution is 0.157. The van der Waals surface area contributed by atoms with Crippen molar-refractivity contribution in [3.05, 3.63) is 0 Å². The maximum absolute atomic E-state index is 11.0. The molecule has 0 aromatic heterocycles. The van der Waals surface area contributed by atoms with Crippen LogP contribution in [-0.2, 0) is 14.0 Å². The molecular weight excluding hydrogens is 214 g/mol. The Morgan fingerprint density at radius 3 is 2.62 bits per heavy atom. The SMILES string of the molecule is O=S(=O)(Cl)N1CCC2(CCOC2)C1. The monoisotopic (exact) mass is 225 g/mol. The average Bonchev–Trinajstić information content (AvgIpc) is 2.60. The predicted octanol–water partition coefficient (Wildman–Crippen LogP) is 0.582. The van der Waals surface area contributed by atoms with Crippen LogP contribution in [0.3, 0.4) is 0 Å². The molecule has 1 spiro atoms. The average molecular weight is 226 g/mol. The standard InChI is InChI=1S/C7H12ClNO3S/c8-13(10,11)9-3-1-7(5-9)2-4-12-6-7/h1-6H2. The minimum atomic E-state index is -3.52. The molecule has 0 radical (unpaired) electrons. The van der Waals surface area contributed by atoms with Crippen LogP contribution < -0.4 is 0 Å². The Hall–Kier alpha value is 0.160. The van der Waals surface area contributed by atoms with E-state index in [-0.39, 0.29) is 5.41 Å². The zero-order chi connectivity index (χ0) is 9.53. The molecule has 0 aromatic rings. The van der Waals surface area contributed by atoms with Crippen LogP contribution in [0.25, 0.3) is 0 Å². The van der Waals surface area contributed by atoms with Gasteiger partial charge in [0, 0.05) is 35.8 Å². The third-order valence-corrected chi connectivity index (χ3v) is 4.41. The first-order valence-electron chi connectivity index (χ1n) is 4.29. The molecule has 0 amide bonds. The molecule has 0 aromatic carbocycles. The molecule has 0 bridgehead atoms. The van der Waals surface area contributed by atoms with Gasteiger partial charge in [-0.3, -0.25) is 0 Å². The fourth-order valence-corrected chi connectivity index (χ4v) is 3.14. The van der Waals surface area contributed by atoms with E-state index in [1.165, 1.54) is 4.31 Å². The Bertz CT molecular complexity index is 297. The molecule has 2 aliphatic heterocycles. The van der Waals surface area contributed by atoms with E-state index in [0.717, 1.165) is 19.4 Å². The zero-order valence-corrected chi connectivity index (χ0v) is 8.77. The van der Waals surface area contributed by atoms with Gasteiger partial charge in [0.05, 0.1) is 6.61 Å². The molecule has 13 heavy (non-hydrogen) atoms. The molecule has 0 saturated carbocycles. The fourth-order valence-electron chi connectivity index (χ4n) is 2.05. The summed E-state index contributed by atoms with van der Waals surface area (Å²) < 4.78 is 28.7. The van der Waals surface area contributed by atoms with E-state index in [2.05, 4.69) is 0 Å². The van der Waals surface area contributed by atoms with Crippen molar-refractivity contribution in [1.82, 2.24) is 4.31 Å². The topological polar surface area (TPSA) is 46.6 Å². The Balaban J connectivity index is 2.09. The molecule has 0 N–H and O–H groups in total. The molecule has 2 aliphatic rings. The van der Waals surface area contributed by atoms with E-state index in [1.807, 2.05) is 0 Å². The highest BCUT2D eigenvalue weighted by Crippen LogP contribution is 2.39. The number of rotatable bonds is 1. The first kappa shape index (κ1) is 9.71. The molecule has 2 fully saturated rings. The van der Waals surface area contributed by atoms with Crippen LogP contribution in [0.2, 0.25) is 0 Å². The summed E-state index contributed by atoms with van der Waals surface area (Å²) in [6.45, 7) is 2.49. The quantitative estimate of drug-likeness (QED) is 0.614. The summed E-state index contributed by atoms with van der Waals surface area (Å²) in [5.41, 5.74) is 0.0575. The smallest absolute Gasteiger partial charge is 0.299 e. The van der Waals surface area contributed by atoms with Crippen LogP contribution in [-0.4, -0.2) is 39.0 Å². The molecule has 2 heterocycles. The van der Waals surface area contributed by atoms with Gasteiger partial charge in [-0.1, -0.05) is 0 Å². The normalized spacial score (nSPS) is 36.1. The summed E-state index contributed by atoms with van der Waals surface area (Å²) in [5.74, 6) is 0. The summed E-state index contributed by atoms with van der Waals surface area (Å²) >= 11 is 0. The van der Waals surface area contributed by atoms with Gasteiger partial charge in [0.25, 0.3) is 9.24 Å². The second-order valence-corrected chi connectivity index (χ2v) is 6.34. The Morgan fingerprint density at radius 2 is 2.15 bits per heavy atom. The van der Waals surface area contributed by atoms with Crippen LogP contribution >= 0.6 is 10.7 Å². The minimum absolute atomic E-state index is 0.0575. The molecule has 2 rings (SSSR count). The van der Waals surface area contributed by atoms with E-state index in [9.17, 15) is 8.42 Å². The first-order valence-corrected chi connectivity index (χ1v) is 6.56. The highest BCUT2D eigenvalue weighted by atomic mass is 35.7. The van der Waals surface area contributed by atoms with Crippen molar-refractivity contribution in [2.75, 3.05) is 26.3 Å². The summed E-state index contributed by atoms with van der Waals surface area (Å²) in [4.78, 5) is 0. The summed E-state index contributed by atoms with van der Waals surface area (Å²) in [6, 6.07) is 0. The Kier molecular flexibility index (Phi) is 2.30. The van der Waals surface area contributed by atoms with Crippen molar-refractivity contribution < 1.29 is 13.2 Å². The maximum Gasteiger partial charge on any atom is 0.299 e. The number of ether oxygens (including phenoxy) is 1. The summed E-state index contributed by atoms with van der Waals surface area (Å²) in [6.07, 6.45) is 1.83. The van der Waals surface area contributed by atoms with E-state index >= 15 is 0 Å². The molecule has 76 valence electrons. The number of halogens is 1. The van der Waals surface area contributed by atoms with Crippen molar-refractivity contribution in [2.24, 2.45) is 5.41 Å². The second-order valence-electron chi connectivity index (χ2n) is 3.83. The van der Waals surface area contributed by atoms with Gasteiger partial charge >= 0.3 is 0 Å². The Morgan fingerprint density at radius 1 is 1.38 bits per heavy atom. The lowest BCUT2D eigenvalue weighted by atomic mass is 9.87. The van der Waals surface area contributed by atoms with E-state index < -0.39 is 9.24 Å². The van der Waals surface area contributed by atoms with Crippen LogP contribution in [0.1, 0.15) is 12.8 Å². The fraction of sp³-hybridized carbons (Fsp3) is 1.00. The third kappa shape index (κ3) is 1.83. The number of hydrogen-bond acceptors (Lipinski definition) is 3. The second kappa shape index (κ2) is 3.08. The number of hydrogen-bond donors (Lipinski definition) is 0. The predicted molar refractivity (Wildman–Crippen MR) is 48.8 cm³/mol. The largest absolute Gasteiger partial charge is 0.381 e. The highest BCUT2D eigenvalue weighted by Gasteiger charge is 2.44. The number of nitrogens with zero attached hydrogens (tertiary/aromatic N) is 1. The van der Waals surface area contributed by atoms with E-state index in [0.29, 0.717) is 19.7 Å². The third-order valence-electron chi connectivity index (χ3n) is 2.90.